The molecule has 28 heavy (non-hydrogen) atoms. The number of fused-ring (bicyclic) bond motifs is 2. The smallest absolute Gasteiger partial charge is 0.257 e. The number of hydrogen-bond donors (Lipinski definition) is 1. The van der Waals surface area contributed by atoms with E-state index < -0.39 is 0 Å². The molecule has 2 aliphatic rings. The highest BCUT2D eigenvalue weighted by molar-refractivity contribution is 5.79. The molecular weight excluding hydrogens is 358 g/mol. The molecule has 1 N–H and O–H groups in total. The van der Waals surface area contributed by atoms with E-state index in [9.17, 15) is 0 Å². The fourth-order valence-corrected chi connectivity index (χ4v) is 4.06. The van der Waals surface area contributed by atoms with Gasteiger partial charge in [0.15, 0.2) is 5.65 Å². The Morgan fingerprint density at radius 1 is 1.21 bits per heavy atom. The van der Waals surface area contributed by atoms with E-state index in [1.54, 1.807) is 0 Å². The molecule has 9 heteroatoms. The summed E-state index contributed by atoms with van der Waals surface area (Å²) < 4.78 is 15.7. The van der Waals surface area contributed by atoms with Gasteiger partial charge in [-0.25, -0.2) is 9.67 Å². The molecule has 0 amide bonds. The Bertz CT molecular complexity index is 1000. The summed E-state index contributed by atoms with van der Waals surface area (Å²) in [5.41, 5.74) is 3.79. The standard InChI is InChI=1S/C19H25N7O2/c1-3-15-16-18(24-26(15)13-5-9-27-10-6-13)28-8-4-7-25-17-14(12(2)23-25)11-20-19(21-16)22-17/h11,13H,3-10H2,1-2H3,(H,20,21,22). The van der Waals surface area contributed by atoms with Crippen LogP contribution in [0.25, 0.3) is 11.0 Å². The van der Waals surface area contributed by atoms with Crippen molar-refractivity contribution in [2.24, 2.45) is 0 Å². The molecule has 5 heterocycles. The summed E-state index contributed by atoms with van der Waals surface area (Å²) in [5, 5.41) is 13.8. The third-order valence-electron chi connectivity index (χ3n) is 5.51. The number of anilines is 2. The Balaban J connectivity index is 1.60. The van der Waals surface area contributed by atoms with Crippen LogP contribution in [0.3, 0.4) is 0 Å². The SMILES string of the molecule is CCc1c2c(nn1C1CCOCC1)OCCCn1nc(C)c3cnc(nc31)N2. The molecule has 2 bridgehead atoms. The molecule has 148 valence electrons. The monoisotopic (exact) mass is 383 g/mol. The Morgan fingerprint density at radius 2 is 2.07 bits per heavy atom. The van der Waals surface area contributed by atoms with Gasteiger partial charge in [0.1, 0.15) is 5.69 Å². The number of aryl methyl sites for hydroxylation is 2. The lowest BCUT2D eigenvalue weighted by Crippen LogP contribution is -2.22. The number of nitrogens with one attached hydrogen (secondary N) is 1. The Kier molecular flexibility index (Phi) is 4.38. The molecule has 1 saturated heterocycles. The highest BCUT2D eigenvalue weighted by Crippen LogP contribution is 2.35. The highest BCUT2D eigenvalue weighted by Gasteiger charge is 2.26. The number of rotatable bonds is 2. The Hall–Kier alpha value is -2.68. The molecule has 0 spiro atoms. The Labute approximate surface area is 163 Å². The average Bonchev–Trinajstić information content (AvgIpc) is 3.22. The predicted octanol–water partition coefficient (Wildman–Crippen LogP) is 2.77. The number of nitrogens with zero attached hydrogens (tertiary/aromatic N) is 6. The van der Waals surface area contributed by atoms with Crippen molar-refractivity contribution in [3.05, 3.63) is 17.6 Å². The van der Waals surface area contributed by atoms with Gasteiger partial charge in [-0.2, -0.15) is 10.1 Å². The van der Waals surface area contributed by atoms with Gasteiger partial charge in [-0.1, -0.05) is 6.92 Å². The summed E-state index contributed by atoms with van der Waals surface area (Å²) in [6.07, 6.45) is 5.45. The second-order valence-electron chi connectivity index (χ2n) is 7.33. The fourth-order valence-electron chi connectivity index (χ4n) is 4.06. The van der Waals surface area contributed by atoms with Gasteiger partial charge in [0.05, 0.1) is 29.4 Å². The van der Waals surface area contributed by atoms with Gasteiger partial charge in [-0.3, -0.25) is 4.68 Å². The Morgan fingerprint density at radius 3 is 2.89 bits per heavy atom. The molecule has 1 fully saturated rings. The molecule has 0 saturated carbocycles. The molecule has 2 aliphatic heterocycles. The van der Waals surface area contributed by atoms with E-state index in [4.69, 9.17) is 19.6 Å². The van der Waals surface area contributed by atoms with E-state index in [-0.39, 0.29) is 0 Å². The number of ether oxygens (including phenoxy) is 2. The molecule has 0 atom stereocenters. The first kappa shape index (κ1) is 17.4. The van der Waals surface area contributed by atoms with Crippen LogP contribution < -0.4 is 10.1 Å². The van der Waals surface area contributed by atoms with Gasteiger partial charge >= 0.3 is 0 Å². The van der Waals surface area contributed by atoms with Crippen molar-refractivity contribution >= 4 is 22.7 Å². The maximum atomic E-state index is 6.09. The van der Waals surface area contributed by atoms with Crippen molar-refractivity contribution in [1.82, 2.24) is 29.5 Å². The second-order valence-corrected chi connectivity index (χ2v) is 7.33. The summed E-state index contributed by atoms with van der Waals surface area (Å²) in [6.45, 7) is 7.00. The molecule has 3 aromatic rings. The van der Waals surface area contributed by atoms with Crippen LogP contribution in [0.4, 0.5) is 11.6 Å². The predicted molar refractivity (Wildman–Crippen MR) is 104 cm³/mol. The average molecular weight is 383 g/mol. The van der Waals surface area contributed by atoms with Crippen LogP contribution in [0, 0.1) is 6.92 Å². The first-order valence-electron chi connectivity index (χ1n) is 10.0. The van der Waals surface area contributed by atoms with Gasteiger partial charge in [-0.05, 0) is 26.2 Å². The summed E-state index contributed by atoms with van der Waals surface area (Å²) in [6, 6.07) is 0.335. The molecule has 0 unspecified atom stereocenters. The van der Waals surface area contributed by atoms with Gasteiger partial charge in [-0.15, -0.1) is 5.10 Å². The minimum atomic E-state index is 0.335. The number of aromatic nitrogens is 6. The van der Waals surface area contributed by atoms with Crippen LogP contribution in [0.1, 0.15) is 43.6 Å². The van der Waals surface area contributed by atoms with Crippen LogP contribution in [-0.4, -0.2) is 49.3 Å². The summed E-state index contributed by atoms with van der Waals surface area (Å²) in [5.74, 6) is 1.17. The lowest BCUT2D eigenvalue weighted by atomic mass is 10.1. The zero-order valence-corrected chi connectivity index (χ0v) is 16.3. The molecule has 0 aromatic carbocycles. The minimum absolute atomic E-state index is 0.335. The van der Waals surface area contributed by atoms with E-state index in [2.05, 4.69) is 27.0 Å². The van der Waals surface area contributed by atoms with Crippen molar-refractivity contribution in [3.63, 3.8) is 0 Å². The summed E-state index contributed by atoms with van der Waals surface area (Å²) in [4.78, 5) is 9.26. The van der Waals surface area contributed by atoms with Gasteiger partial charge in [0.2, 0.25) is 5.95 Å². The lowest BCUT2D eigenvalue weighted by Gasteiger charge is -2.24. The van der Waals surface area contributed by atoms with E-state index in [1.807, 2.05) is 17.8 Å². The molecule has 0 radical (unpaired) electrons. The molecule has 9 nitrogen and oxygen atoms in total. The highest BCUT2D eigenvalue weighted by atomic mass is 16.5. The summed E-state index contributed by atoms with van der Waals surface area (Å²) >= 11 is 0. The van der Waals surface area contributed by atoms with Crippen molar-refractivity contribution in [3.8, 4) is 5.88 Å². The zero-order valence-electron chi connectivity index (χ0n) is 16.3. The van der Waals surface area contributed by atoms with Gasteiger partial charge < -0.3 is 14.8 Å². The van der Waals surface area contributed by atoms with Crippen molar-refractivity contribution < 1.29 is 9.47 Å². The van der Waals surface area contributed by atoms with Gasteiger partial charge in [0.25, 0.3) is 5.88 Å². The summed E-state index contributed by atoms with van der Waals surface area (Å²) in [7, 11) is 0. The molecular formula is C19H25N7O2. The maximum absolute atomic E-state index is 6.09. The fraction of sp³-hybridized carbons (Fsp3) is 0.579. The maximum Gasteiger partial charge on any atom is 0.257 e. The van der Waals surface area contributed by atoms with E-state index in [1.165, 1.54) is 0 Å². The van der Waals surface area contributed by atoms with Gasteiger partial charge in [0, 0.05) is 32.4 Å². The molecule has 0 aliphatic carbocycles. The van der Waals surface area contributed by atoms with E-state index in [0.717, 1.165) is 73.6 Å². The van der Waals surface area contributed by atoms with E-state index in [0.29, 0.717) is 24.5 Å². The topological polar surface area (TPSA) is 91.9 Å². The minimum Gasteiger partial charge on any atom is -0.475 e. The third-order valence-corrected chi connectivity index (χ3v) is 5.51. The van der Waals surface area contributed by atoms with Crippen molar-refractivity contribution in [2.75, 3.05) is 25.1 Å². The third kappa shape index (κ3) is 2.90. The quantitative estimate of drug-likeness (QED) is 0.727. The van der Waals surface area contributed by atoms with Crippen LogP contribution in [0.5, 0.6) is 5.88 Å². The largest absolute Gasteiger partial charge is 0.475 e. The van der Waals surface area contributed by atoms with Crippen LogP contribution >= 0.6 is 0 Å². The molecule has 3 aromatic heterocycles. The lowest BCUT2D eigenvalue weighted by molar-refractivity contribution is 0.0650. The van der Waals surface area contributed by atoms with Crippen molar-refractivity contribution in [2.45, 2.75) is 52.1 Å². The normalized spacial score (nSPS) is 17.8. The molecule has 5 rings (SSSR count). The second kappa shape index (κ2) is 7.05. The van der Waals surface area contributed by atoms with Crippen LogP contribution in [0.15, 0.2) is 6.20 Å². The zero-order chi connectivity index (χ0) is 19.1. The first-order chi connectivity index (χ1) is 13.7. The van der Waals surface area contributed by atoms with Crippen LogP contribution in [-0.2, 0) is 17.7 Å². The number of hydrogen-bond acceptors (Lipinski definition) is 7. The van der Waals surface area contributed by atoms with E-state index >= 15 is 0 Å². The first-order valence-corrected chi connectivity index (χ1v) is 10.0. The van der Waals surface area contributed by atoms with Crippen molar-refractivity contribution in [1.29, 1.82) is 0 Å². The van der Waals surface area contributed by atoms with Crippen LogP contribution in [0.2, 0.25) is 0 Å².